The second-order valence-corrected chi connectivity index (χ2v) is 7.48. The van der Waals surface area contributed by atoms with Gasteiger partial charge in [-0.2, -0.15) is 15.3 Å². The van der Waals surface area contributed by atoms with Crippen molar-refractivity contribution in [3.8, 4) is 11.3 Å². The lowest BCUT2D eigenvalue weighted by Crippen LogP contribution is -2.32. The fourth-order valence-corrected chi connectivity index (χ4v) is 4.55. The summed E-state index contributed by atoms with van der Waals surface area (Å²) >= 11 is 0. The molecule has 4 nitrogen and oxygen atoms in total. The monoisotopic (exact) mass is 282 g/mol. The van der Waals surface area contributed by atoms with Crippen LogP contribution in [0, 0.1) is 12.3 Å². The Morgan fingerprint density at radius 2 is 2.00 bits per heavy atom. The third-order valence-electron chi connectivity index (χ3n) is 6.24. The summed E-state index contributed by atoms with van der Waals surface area (Å²) in [6.07, 6.45) is 4.54. The highest BCUT2D eigenvalue weighted by Gasteiger charge is 2.60. The number of aryl methyl sites for hydroxylation is 2. The van der Waals surface area contributed by atoms with Gasteiger partial charge in [0.25, 0.3) is 0 Å². The minimum absolute atomic E-state index is 0.183. The van der Waals surface area contributed by atoms with Gasteiger partial charge in [-0.15, -0.1) is 0 Å². The maximum Gasteiger partial charge on any atom is 0.0967 e. The lowest BCUT2D eigenvalue weighted by Gasteiger charge is -2.33. The van der Waals surface area contributed by atoms with Crippen molar-refractivity contribution >= 4 is 0 Å². The van der Waals surface area contributed by atoms with Crippen LogP contribution in [-0.2, 0) is 12.5 Å². The molecule has 0 saturated heterocycles. The van der Waals surface area contributed by atoms with E-state index in [0.717, 1.165) is 17.0 Å². The molecule has 0 radical (unpaired) electrons. The maximum atomic E-state index is 4.65. The van der Waals surface area contributed by atoms with E-state index in [4.69, 9.17) is 0 Å². The molecule has 2 aliphatic carbocycles. The molecule has 4 rings (SSSR count). The van der Waals surface area contributed by atoms with Gasteiger partial charge in [-0.25, -0.2) is 0 Å². The van der Waals surface area contributed by atoms with Gasteiger partial charge in [0.05, 0.1) is 17.1 Å². The van der Waals surface area contributed by atoms with Crippen LogP contribution in [-0.4, -0.2) is 20.0 Å². The average Bonchev–Trinajstić information content (AvgIpc) is 2.93. The Bertz CT molecular complexity index is 743. The third kappa shape index (κ3) is 1.43. The molecule has 1 fully saturated rings. The van der Waals surface area contributed by atoms with Crippen molar-refractivity contribution in [2.24, 2.45) is 12.5 Å². The van der Waals surface area contributed by atoms with E-state index in [1.54, 1.807) is 0 Å². The molecule has 2 atom stereocenters. The van der Waals surface area contributed by atoms with Crippen LogP contribution in [0.4, 0.5) is 0 Å². The summed E-state index contributed by atoms with van der Waals surface area (Å²) in [5.41, 5.74) is 6.19. The molecule has 2 aromatic rings. The van der Waals surface area contributed by atoms with E-state index in [-0.39, 0.29) is 10.8 Å². The first-order valence-electron chi connectivity index (χ1n) is 7.73. The molecule has 2 heterocycles. The summed E-state index contributed by atoms with van der Waals surface area (Å²) in [5.74, 6) is 0.615. The van der Waals surface area contributed by atoms with E-state index in [1.807, 2.05) is 24.9 Å². The zero-order valence-electron chi connectivity index (χ0n) is 13.4. The molecular formula is C17H22N4. The Kier molecular flexibility index (Phi) is 2.31. The van der Waals surface area contributed by atoms with E-state index in [9.17, 15) is 0 Å². The van der Waals surface area contributed by atoms with Crippen molar-refractivity contribution in [2.45, 2.75) is 51.9 Å². The number of nitrogens with zero attached hydrogens (tertiary/aromatic N) is 4. The summed E-state index contributed by atoms with van der Waals surface area (Å²) in [7, 11) is 1.95. The van der Waals surface area contributed by atoms with Gasteiger partial charge in [0.2, 0.25) is 0 Å². The van der Waals surface area contributed by atoms with E-state index in [2.05, 4.69) is 42.1 Å². The quantitative estimate of drug-likeness (QED) is 0.805. The molecule has 0 spiro atoms. The standard InChI is InChI=1S/C17H22N4/c1-10-12(9-21(5)20-10)14-8-11-13-6-7-17(4,16(13,2)3)15(11)19-18-14/h8-9,13H,6-7H2,1-5H3/t13-,17+/m0/s1. The Hall–Kier alpha value is -1.71. The second-order valence-electron chi connectivity index (χ2n) is 7.48. The maximum absolute atomic E-state index is 4.65. The SMILES string of the molecule is Cc1nn(C)cc1-c1cc2c(nn1)[C@@]1(C)CC[C@@H]2C1(C)C. The van der Waals surface area contributed by atoms with Crippen LogP contribution in [0.2, 0.25) is 0 Å². The average molecular weight is 282 g/mol. The molecule has 2 aromatic heterocycles. The molecule has 110 valence electrons. The van der Waals surface area contributed by atoms with Gasteiger partial charge < -0.3 is 0 Å². The molecule has 0 aliphatic heterocycles. The molecule has 21 heavy (non-hydrogen) atoms. The van der Waals surface area contributed by atoms with Crippen molar-refractivity contribution in [2.75, 3.05) is 0 Å². The van der Waals surface area contributed by atoms with Crippen molar-refractivity contribution in [1.29, 1.82) is 0 Å². The van der Waals surface area contributed by atoms with Gasteiger partial charge >= 0.3 is 0 Å². The Morgan fingerprint density at radius 1 is 1.24 bits per heavy atom. The molecule has 2 bridgehead atoms. The summed E-state index contributed by atoms with van der Waals surface area (Å²) in [6, 6.07) is 2.27. The fraction of sp³-hybridized carbons (Fsp3) is 0.588. The summed E-state index contributed by atoms with van der Waals surface area (Å²) in [5, 5.41) is 13.6. The van der Waals surface area contributed by atoms with Crippen molar-refractivity contribution in [3.05, 3.63) is 29.2 Å². The van der Waals surface area contributed by atoms with Crippen LogP contribution in [0.15, 0.2) is 12.3 Å². The molecular weight excluding hydrogens is 260 g/mol. The lowest BCUT2D eigenvalue weighted by molar-refractivity contribution is 0.226. The largest absolute Gasteiger partial charge is 0.275 e. The van der Waals surface area contributed by atoms with E-state index in [1.165, 1.54) is 24.1 Å². The molecule has 0 N–H and O–H groups in total. The minimum Gasteiger partial charge on any atom is -0.275 e. The predicted molar refractivity (Wildman–Crippen MR) is 82.1 cm³/mol. The van der Waals surface area contributed by atoms with Crippen LogP contribution >= 0.6 is 0 Å². The first kappa shape index (κ1) is 13.0. The second kappa shape index (κ2) is 3.73. The Morgan fingerprint density at radius 3 is 2.67 bits per heavy atom. The van der Waals surface area contributed by atoms with Gasteiger partial charge in [0.1, 0.15) is 0 Å². The Balaban J connectivity index is 1.89. The van der Waals surface area contributed by atoms with Gasteiger partial charge in [0.15, 0.2) is 0 Å². The van der Waals surface area contributed by atoms with Crippen molar-refractivity contribution in [1.82, 2.24) is 20.0 Å². The number of hydrogen-bond acceptors (Lipinski definition) is 3. The smallest absolute Gasteiger partial charge is 0.0967 e. The summed E-state index contributed by atoms with van der Waals surface area (Å²) in [4.78, 5) is 0. The van der Waals surface area contributed by atoms with Crippen LogP contribution in [0.25, 0.3) is 11.3 Å². The van der Waals surface area contributed by atoms with Crippen LogP contribution in [0.1, 0.15) is 56.5 Å². The third-order valence-corrected chi connectivity index (χ3v) is 6.24. The number of fused-ring (bicyclic) bond motifs is 5. The Labute approximate surface area is 125 Å². The highest BCUT2D eigenvalue weighted by atomic mass is 15.3. The van der Waals surface area contributed by atoms with Crippen molar-refractivity contribution < 1.29 is 0 Å². The number of aromatic nitrogens is 4. The first-order chi connectivity index (χ1) is 9.84. The van der Waals surface area contributed by atoms with Crippen LogP contribution in [0.5, 0.6) is 0 Å². The van der Waals surface area contributed by atoms with E-state index < -0.39 is 0 Å². The number of rotatable bonds is 1. The molecule has 0 unspecified atom stereocenters. The van der Waals surface area contributed by atoms with Gasteiger partial charge in [-0.05, 0) is 42.7 Å². The van der Waals surface area contributed by atoms with Crippen LogP contribution < -0.4 is 0 Å². The summed E-state index contributed by atoms with van der Waals surface area (Å²) in [6.45, 7) is 9.17. The predicted octanol–water partition coefficient (Wildman–Crippen LogP) is 3.36. The minimum atomic E-state index is 0.183. The fourth-order valence-electron chi connectivity index (χ4n) is 4.55. The van der Waals surface area contributed by atoms with Gasteiger partial charge in [-0.1, -0.05) is 20.8 Å². The molecule has 4 heteroatoms. The van der Waals surface area contributed by atoms with Gasteiger partial charge in [-0.3, -0.25) is 4.68 Å². The highest BCUT2D eigenvalue weighted by Crippen LogP contribution is 2.67. The lowest BCUT2D eigenvalue weighted by atomic mass is 9.70. The van der Waals surface area contributed by atoms with Crippen LogP contribution in [0.3, 0.4) is 0 Å². The zero-order chi connectivity index (χ0) is 15.0. The summed E-state index contributed by atoms with van der Waals surface area (Å²) < 4.78 is 1.84. The first-order valence-corrected chi connectivity index (χ1v) is 7.73. The number of hydrogen-bond donors (Lipinski definition) is 0. The normalized spacial score (nSPS) is 28.9. The molecule has 0 amide bonds. The molecule has 1 saturated carbocycles. The van der Waals surface area contributed by atoms with E-state index in [0.29, 0.717) is 5.92 Å². The topological polar surface area (TPSA) is 43.6 Å². The van der Waals surface area contributed by atoms with Gasteiger partial charge in [0, 0.05) is 24.2 Å². The molecule has 2 aliphatic rings. The van der Waals surface area contributed by atoms with E-state index >= 15 is 0 Å². The van der Waals surface area contributed by atoms with Crippen molar-refractivity contribution in [3.63, 3.8) is 0 Å². The highest BCUT2D eigenvalue weighted by molar-refractivity contribution is 5.63. The molecule has 0 aromatic carbocycles. The zero-order valence-corrected chi connectivity index (χ0v) is 13.4.